The third kappa shape index (κ3) is 4.08. The van der Waals surface area contributed by atoms with Crippen molar-refractivity contribution in [3.05, 3.63) is 41.2 Å². The van der Waals surface area contributed by atoms with Crippen molar-refractivity contribution in [2.75, 3.05) is 0 Å². The molecule has 4 aliphatic rings. The fraction of sp³-hybridized carbons (Fsp3) is 0.593. The highest BCUT2D eigenvalue weighted by atomic mass is 16.5. The minimum absolute atomic E-state index is 0.0121. The molecule has 6 rings (SSSR count). The predicted molar refractivity (Wildman–Crippen MR) is 130 cm³/mol. The highest BCUT2D eigenvalue weighted by Gasteiger charge is 2.43. The van der Waals surface area contributed by atoms with Crippen LogP contribution in [0.3, 0.4) is 0 Å². The van der Waals surface area contributed by atoms with Crippen molar-refractivity contribution in [1.29, 1.82) is 0 Å². The van der Waals surface area contributed by atoms with E-state index in [1.807, 2.05) is 16.9 Å². The SMILES string of the molecule is CC1CC2CC(C1)CC(C)(n1cc(COc3cccc4c3CN(C3CCC(=O)NC3=O)C4=O)nn1)C2. The van der Waals surface area contributed by atoms with Gasteiger partial charge in [-0.05, 0) is 75.3 Å². The summed E-state index contributed by atoms with van der Waals surface area (Å²) < 4.78 is 8.18. The summed E-state index contributed by atoms with van der Waals surface area (Å²) >= 11 is 0. The van der Waals surface area contributed by atoms with E-state index in [1.54, 1.807) is 12.1 Å². The lowest BCUT2D eigenvalue weighted by molar-refractivity contribution is -0.136. The topological polar surface area (TPSA) is 106 Å². The molecule has 0 radical (unpaired) electrons. The summed E-state index contributed by atoms with van der Waals surface area (Å²) in [6.45, 7) is 5.22. The number of piperidine rings is 1. The number of carbonyl (C=O) groups is 3. The van der Waals surface area contributed by atoms with Crippen molar-refractivity contribution in [3.63, 3.8) is 0 Å². The Kier molecular flexibility index (Phi) is 5.61. The molecular weight excluding hydrogens is 458 g/mol. The number of rotatable bonds is 5. The van der Waals surface area contributed by atoms with E-state index in [1.165, 1.54) is 24.2 Å². The highest BCUT2D eigenvalue weighted by molar-refractivity contribution is 6.05. The summed E-state index contributed by atoms with van der Waals surface area (Å²) in [6.07, 6.45) is 8.82. The second-order valence-corrected chi connectivity index (χ2v) is 11.6. The molecule has 2 aromatic rings. The fourth-order valence-electron chi connectivity index (χ4n) is 7.22. The van der Waals surface area contributed by atoms with Crippen LogP contribution in [0.25, 0.3) is 0 Å². The second-order valence-electron chi connectivity index (χ2n) is 11.6. The number of amides is 3. The highest BCUT2D eigenvalue weighted by Crippen LogP contribution is 2.49. The first-order valence-corrected chi connectivity index (χ1v) is 13.1. The van der Waals surface area contributed by atoms with Crippen molar-refractivity contribution < 1.29 is 19.1 Å². The molecule has 1 saturated heterocycles. The zero-order valence-corrected chi connectivity index (χ0v) is 20.9. The van der Waals surface area contributed by atoms with Gasteiger partial charge in [0.1, 0.15) is 24.1 Å². The maximum absolute atomic E-state index is 13.0. The summed E-state index contributed by atoms with van der Waals surface area (Å²) in [5, 5.41) is 11.2. The van der Waals surface area contributed by atoms with Gasteiger partial charge in [-0.15, -0.1) is 5.10 Å². The number of nitrogens with zero attached hydrogens (tertiary/aromatic N) is 4. The van der Waals surface area contributed by atoms with Gasteiger partial charge in [0.05, 0.1) is 18.3 Å². The summed E-state index contributed by atoms with van der Waals surface area (Å²) in [7, 11) is 0. The van der Waals surface area contributed by atoms with Crippen molar-refractivity contribution in [2.24, 2.45) is 17.8 Å². The van der Waals surface area contributed by atoms with Crippen molar-refractivity contribution in [2.45, 2.75) is 83.5 Å². The summed E-state index contributed by atoms with van der Waals surface area (Å²) in [5.41, 5.74) is 2.04. The van der Waals surface area contributed by atoms with Crippen LogP contribution in [-0.4, -0.2) is 43.7 Å². The molecule has 0 spiro atoms. The molecule has 2 saturated carbocycles. The molecule has 1 aromatic carbocycles. The number of hydrogen-bond acceptors (Lipinski definition) is 6. The molecule has 190 valence electrons. The van der Waals surface area contributed by atoms with E-state index < -0.39 is 11.9 Å². The normalized spacial score (nSPS) is 31.8. The lowest BCUT2D eigenvalue weighted by atomic mass is 9.63. The van der Waals surface area contributed by atoms with E-state index in [-0.39, 0.29) is 36.9 Å². The van der Waals surface area contributed by atoms with E-state index in [0.717, 1.165) is 41.9 Å². The Morgan fingerprint density at radius 2 is 1.92 bits per heavy atom. The number of carbonyl (C=O) groups excluding carboxylic acids is 3. The van der Waals surface area contributed by atoms with Gasteiger partial charge >= 0.3 is 0 Å². The summed E-state index contributed by atoms with van der Waals surface area (Å²) in [5.74, 6) is 2.04. The number of hydrogen-bond donors (Lipinski definition) is 1. The molecule has 2 aliphatic heterocycles. The number of benzene rings is 1. The minimum atomic E-state index is -0.644. The molecule has 36 heavy (non-hydrogen) atoms. The molecule has 9 nitrogen and oxygen atoms in total. The molecule has 1 aromatic heterocycles. The Morgan fingerprint density at radius 1 is 1.14 bits per heavy atom. The van der Waals surface area contributed by atoms with Crippen LogP contribution in [0.2, 0.25) is 0 Å². The predicted octanol–water partition coefficient (Wildman–Crippen LogP) is 3.18. The maximum atomic E-state index is 13.0. The van der Waals surface area contributed by atoms with Crippen LogP contribution < -0.4 is 10.1 Å². The number of nitrogens with one attached hydrogen (secondary N) is 1. The summed E-state index contributed by atoms with van der Waals surface area (Å²) in [6, 6.07) is 4.75. The van der Waals surface area contributed by atoms with Gasteiger partial charge in [0, 0.05) is 17.5 Å². The minimum Gasteiger partial charge on any atom is -0.487 e. The van der Waals surface area contributed by atoms with E-state index in [4.69, 9.17) is 4.74 Å². The lowest BCUT2D eigenvalue weighted by Gasteiger charge is -2.47. The number of fused-ring (bicyclic) bond motifs is 3. The van der Waals surface area contributed by atoms with Crippen LogP contribution >= 0.6 is 0 Å². The van der Waals surface area contributed by atoms with Crippen LogP contribution in [0.15, 0.2) is 24.4 Å². The van der Waals surface area contributed by atoms with Gasteiger partial charge in [-0.1, -0.05) is 18.2 Å². The quantitative estimate of drug-likeness (QED) is 0.644. The first-order valence-electron chi connectivity index (χ1n) is 13.1. The standard InChI is InChI=1S/C27H33N5O4/c1-16-8-17-10-18(9-16)12-27(2,11-17)32-13-19(29-30-32)15-36-23-5-3-4-20-21(23)14-31(26(20)35)22-6-7-24(33)28-25(22)34/h3-5,13,16-18,22H,6-12,14-15H2,1-2H3,(H,28,33,34). The van der Waals surface area contributed by atoms with E-state index in [0.29, 0.717) is 17.7 Å². The molecule has 3 amide bonds. The smallest absolute Gasteiger partial charge is 0.255 e. The van der Waals surface area contributed by atoms with Gasteiger partial charge in [-0.3, -0.25) is 19.7 Å². The monoisotopic (exact) mass is 491 g/mol. The van der Waals surface area contributed by atoms with Gasteiger partial charge in [-0.25, -0.2) is 4.68 Å². The molecule has 1 N–H and O–H groups in total. The molecule has 3 heterocycles. The molecule has 2 bridgehead atoms. The van der Waals surface area contributed by atoms with Gasteiger partial charge in [0.15, 0.2) is 0 Å². The van der Waals surface area contributed by atoms with Gasteiger partial charge in [0.25, 0.3) is 5.91 Å². The van der Waals surface area contributed by atoms with E-state index in [2.05, 4.69) is 29.5 Å². The Balaban J connectivity index is 1.14. The zero-order chi connectivity index (χ0) is 25.0. The zero-order valence-electron chi connectivity index (χ0n) is 20.9. The Morgan fingerprint density at radius 3 is 2.67 bits per heavy atom. The Labute approximate surface area is 210 Å². The first-order chi connectivity index (χ1) is 17.3. The summed E-state index contributed by atoms with van der Waals surface area (Å²) in [4.78, 5) is 38.5. The Bertz CT molecular complexity index is 1200. The second kappa shape index (κ2) is 8.71. The van der Waals surface area contributed by atoms with Crippen LogP contribution in [-0.2, 0) is 28.3 Å². The molecule has 3 fully saturated rings. The Hall–Kier alpha value is -3.23. The number of ether oxygens (including phenoxy) is 1. The molecule has 2 aliphatic carbocycles. The largest absolute Gasteiger partial charge is 0.487 e. The van der Waals surface area contributed by atoms with Crippen molar-refractivity contribution in [1.82, 2.24) is 25.2 Å². The lowest BCUT2D eigenvalue weighted by Crippen LogP contribution is -2.52. The van der Waals surface area contributed by atoms with Crippen molar-refractivity contribution >= 4 is 17.7 Å². The molecule has 3 atom stereocenters. The maximum Gasteiger partial charge on any atom is 0.255 e. The molecule has 9 heteroatoms. The van der Waals surface area contributed by atoms with Crippen LogP contribution in [0, 0.1) is 17.8 Å². The van der Waals surface area contributed by atoms with Crippen LogP contribution in [0.4, 0.5) is 0 Å². The average molecular weight is 492 g/mol. The fourth-order valence-corrected chi connectivity index (χ4v) is 7.22. The third-order valence-corrected chi connectivity index (χ3v) is 8.60. The third-order valence-electron chi connectivity index (χ3n) is 8.60. The average Bonchev–Trinajstić information content (AvgIpc) is 3.43. The van der Waals surface area contributed by atoms with Crippen molar-refractivity contribution in [3.8, 4) is 5.75 Å². The number of aromatic nitrogens is 3. The first kappa shape index (κ1) is 23.2. The van der Waals surface area contributed by atoms with Crippen LogP contribution in [0.5, 0.6) is 5.75 Å². The van der Waals surface area contributed by atoms with Gasteiger partial charge in [0.2, 0.25) is 11.8 Å². The molecular formula is C27H33N5O4. The van der Waals surface area contributed by atoms with E-state index >= 15 is 0 Å². The van der Waals surface area contributed by atoms with Gasteiger partial charge in [-0.2, -0.15) is 0 Å². The van der Waals surface area contributed by atoms with E-state index in [9.17, 15) is 14.4 Å². The molecule has 3 unspecified atom stereocenters. The van der Waals surface area contributed by atoms with Gasteiger partial charge < -0.3 is 9.64 Å². The number of imide groups is 1. The van der Waals surface area contributed by atoms with Crippen LogP contribution in [0.1, 0.15) is 80.4 Å².